The molecule has 9 heteroatoms. The number of anilines is 6. The summed E-state index contributed by atoms with van der Waals surface area (Å²) in [5.41, 5.74) is 6.36. The van der Waals surface area contributed by atoms with Crippen LogP contribution in [0.15, 0.2) is 109 Å². The van der Waals surface area contributed by atoms with E-state index in [1.165, 1.54) is 9.55 Å². The first-order chi connectivity index (χ1) is 18.2. The van der Waals surface area contributed by atoms with Gasteiger partial charge in [0.15, 0.2) is 0 Å². The van der Waals surface area contributed by atoms with E-state index < -0.39 is 0 Å². The van der Waals surface area contributed by atoms with E-state index in [0.717, 1.165) is 44.2 Å². The summed E-state index contributed by atoms with van der Waals surface area (Å²) in [5.74, 6) is 0. The Labute approximate surface area is 230 Å². The smallest absolute Gasteiger partial charge is 0.403 e. The lowest BCUT2D eigenvalue weighted by molar-refractivity contribution is 1.42. The molecule has 0 amide bonds. The lowest BCUT2D eigenvalue weighted by Gasteiger charge is -2.25. The highest BCUT2D eigenvalue weighted by Gasteiger charge is 2.41. The lowest BCUT2D eigenvalue weighted by atomic mass is 9.71. The van der Waals surface area contributed by atoms with Crippen molar-refractivity contribution in [2.24, 2.45) is 0 Å². The van der Waals surface area contributed by atoms with Crippen LogP contribution < -0.4 is 29.6 Å². The molecule has 2 aliphatic rings. The van der Waals surface area contributed by atoms with Gasteiger partial charge in [-0.2, -0.15) is 11.3 Å². The highest BCUT2D eigenvalue weighted by molar-refractivity contribution is 7.33. The Balaban J connectivity index is 1.30. The van der Waals surface area contributed by atoms with Gasteiger partial charge in [0.2, 0.25) is 0 Å². The van der Waals surface area contributed by atoms with Gasteiger partial charge in [0.05, 0.1) is 21.4 Å². The van der Waals surface area contributed by atoms with E-state index in [0.29, 0.717) is 0 Å². The molecule has 2 aliphatic heterocycles. The van der Waals surface area contributed by atoms with Crippen LogP contribution in [0.4, 0.5) is 34.1 Å². The molecule has 3 heterocycles. The van der Waals surface area contributed by atoms with Crippen molar-refractivity contribution in [2.75, 3.05) is 20.1 Å². The Morgan fingerprint density at radius 1 is 0.486 bits per heavy atom. The van der Waals surface area contributed by atoms with Crippen LogP contribution in [-0.2, 0) is 0 Å². The van der Waals surface area contributed by atoms with Gasteiger partial charge < -0.3 is 20.1 Å². The van der Waals surface area contributed by atoms with E-state index in [9.17, 15) is 0 Å². The minimum absolute atomic E-state index is 0.0754. The molecule has 7 rings (SSSR count). The van der Waals surface area contributed by atoms with E-state index in [2.05, 4.69) is 92.9 Å². The van der Waals surface area contributed by atoms with Crippen molar-refractivity contribution in [3.05, 3.63) is 119 Å². The monoisotopic (exact) mass is 536 g/mol. The van der Waals surface area contributed by atoms with E-state index in [1.54, 1.807) is 11.3 Å². The topological polar surface area (TPSA) is 30.5 Å². The Morgan fingerprint density at radius 3 is 1.30 bits per heavy atom. The van der Waals surface area contributed by atoms with Gasteiger partial charge in [0, 0.05) is 32.3 Å². The second-order valence-corrected chi connectivity index (χ2v) is 11.0. The number of thiophene rings is 1. The molecule has 0 bridgehead atoms. The summed E-state index contributed by atoms with van der Waals surface area (Å²) in [6.45, 7) is -0.151. The molecule has 0 unspecified atom stereocenters. The highest BCUT2D eigenvalue weighted by Crippen LogP contribution is 2.43. The van der Waals surface area contributed by atoms with Crippen LogP contribution in [0.25, 0.3) is 0 Å². The number of hydrogen-bond acceptors (Lipinski definition) is 5. The predicted octanol–water partition coefficient (Wildman–Crippen LogP) is 6.97. The molecule has 0 spiro atoms. The van der Waals surface area contributed by atoms with E-state index in [1.807, 2.05) is 36.4 Å². The molecule has 4 nitrogen and oxygen atoms in total. The SMILES string of the molecule is Clc1ccccc1N1B(c2ccc(B3Nc4ccccc4N3c3ccccc3Cl)s2)Nc2ccccc21. The molecule has 0 saturated carbocycles. The lowest BCUT2D eigenvalue weighted by Crippen LogP contribution is -2.49. The molecule has 0 saturated heterocycles. The zero-order valence-electron chi connectivity index (χ0n) is 19.6. The second-order valence-electron chi connectivity index (χ2n) is 9.01. The first-order valence-corrected chi connectivity index (χ1v) is 13.6. The maximum Gasteiger partial charge on any atom is 0.424 e. The minimum Gasteiger partial charge on any atom is -0.403 e. The summed E-state index contributed by atoms with van der Waals surface area (Å²) in [6.07, 6.45) is 0. The summed E-state index contributed by atoms with van der Waals surface area (Å²) in [7, 11) is 0. The predicted molar refractivity (Wildman–Crippen MR) is 162 cm³/mol. The Kier molecular flexibility index (Phi) is 5.58. The molecular weight excluding hydrogens is 517 g/mol. The molecule has 0 atom stereocenters. The maximum absolute atomic E-state index is 6.69. The third-order valence-corrected chi connectivity index (χ3v) is 8.67. The minimum atomic E-state index is -0.0754. The number of hydrogen-bond donors (Lipinski definition) is 2. The van der Waals surface area contributed by atoms with Crippen LogP contribution in [0.5, 0.6) is 0 Å². The number of halogens is 2. The fourth-order valence-electron chi connectivity index (χ4n) is 5.20. The van der Waals surface area contributed by atoms with Gasteiger partial charge in [-0.25, -0.2) is 0 Å². The van der Waals surface area contributed by atoms with E-state index in [-0.39, 0.29) is 14.0 Å². The molecule has 0 fully saturated rings. The molecule has 1 aromatic heterocycles. The first-order valence-electron chi connectivity index (χ1n) is 12.1. The summed E-state index contributed by atoms with van der Waals surface area (Å²) >= 11 is 15.2. The van der Waals surface area contributed by atoms with Crippen molar-refractivity contribution in [3.8, 4) is 0 Å². The molecule has 0 aliphatic carbocycles. The van der Waals surface area contributed by atoms with Gasteiger partial charge in [0.1, 0.15) is 0 Å². The highest BCUT2D eigenvalue weighted by atomic mass is 35.5. The number of para-hydroxylation sites is 6. The number of nitrogens with one attached hydrogen (secondary N) is 2. The Hall–Kier alpha value is -3.51. The largest absolute Gasteiger partial charge is 0.424 e. The molecule has 0 radical (unpaired) electrons. The van der Waals surface area contributed by atoms with Crippen LogP contribution in [0.2, 0.25) is 10.0 Å². The van der Waals surface area contributed by atoms with Gasteiger partial charge in [-0.1, -0.05) is 83.9 Å². The third kappa shape index (κ3) is 3.77. The molecule has 178 valence electrons. The van der Waals surface area contributed by atoms with Crippen LogP contribution >= 0.6 is 34.5 Å². The first kappa shape index (κ1) is 22.7. The van der Waals surface area contributed by atoms with Gasteiger partial charge in [-0.3, -0.25) is 0 Å². The Morgan fingerprint density at radius 2 is 0.865 bits per heavy atom. The van der Waals surface area contributed by atoms with Crippen LogP contribution in [0, 0.1) is 0 Å². The average molecular weight is 537 g/mol. The molecular formula is C28H20B2Cl2N4S. The standard InChI is InChI=1S/C28H20B2Cl2N4S/c31-19-9-1-5-13-23(19)35-25-15-7-3-11-21(25)33-29(35)27-17-18-28(37-27)30-34-22-12-4-8-16-26(22)36(30)24-14-6-2-10-20(24)32/h1-18,33-34H. The molecule has 5 aromatic rings. The zero-order chi connectivity index (χ0) is 24.9. The fourth-order valence-corrected chi connectivity index (χ4v) is 6.75. The van der Waals surface area contributed by atoms with Gasteiger partial charge >= 0.3 is 14.0 Å². The van der Waals surface area contributed by atoms with Gasteiger partial charge in [0.25, 0.3) is 0 Å². The number of fused-ring (bicyclic) bond motifs is 2. The number of rotatable bonds is 4. The van der Waals surface area contributed by atoms with Crippen LogP contribution in [-0.4, -0.2) is 14.0 Å². The Bertz CT molecular complexity index is 1510. The summed E-state index contributed by atoms with van der Waals surface area (Å²) in [4.78, 5) is 4.58. The van der Waals surface area contributed by atoms with E-state index in [4.69, 9.17) is 23.2 Å². The van der Waals surface area contributed by atoms with Crippen molar-refractivity contribution in [2.45, 2.75) is 0 Å². The van der Waals surface area contributed by atoms with Crippen molar-refractivity contribution in [1.82, 2.24) is 0 Å². The summed E-state index contributed by atoms with van der Waals surface area (Å²) in [5, 5.41) is 8.89. The molecule has 4 aromatic carbocycles. The molecule has 2 N–H and O–H groups in total. The summed E-state index contributed by atoms with van der Waals surface area (Å²) < 4.78 is 2.39. The zero-order valence-corrected chi connectivity index (χ0v) is 21.9. The van der Waals surface area contributed by atoms with Gasteiger partial charge in [-0.15, -0.1) is 0 Å². The number of nitrogens with zero attached hydrogens (tertiary/aromatic N) is 2. The third-order valence-electron chi connectivity index (χ3n) is 6.84. The average Bonchev–Trinajstić information content (AvgIpc) is 3.64. The van der Waals surface area contributed by atoms with Crippen molar-refractivity contribution < 1.29 is 0 Å². The second kappa shape index (κ2) is 9.10. The fraction of sp³-hybridized carbons (Fsp3) is 0. The van der Waals surface area contributed by atoms with Crippen molar-refractivity contribution >= 4 is 92.2 Å². The summed E-state index contributed by atoms with van der Waals surface area (Å²) in [6, 6.07) is 37.2. The van der Waals surface area contributed by atoms with E-state index >= 15 is 0 Å². The maximum atomic E-state index is 6.69. The van der Waals surface area contributed by atoms with Crippen molar-refractivity contribution in [3.63, 3.8) is 0 Å². The quantitative estimate of drug-likeness (QED) is 0.243. The van der Waals surface area contributed by atoms with Crippen molar-refractivity contribution in [1.29, 1.82) is 0 Å². The molecule has 37 heavy (non-hydrogen) atoms. The van der Waals surface area contributed by atoms with Crippen LogP contribution in [0.1, 0.15) is 0 Å². The normalized spacial score (nSPS) is 13.9. The number of benzene rings is 4. The van der Waals surface area contributed by atoms with Gasteiger partial charge in [-0.05, 0) is 48.5 Å². The van der Waals surface area contributed by atoms with Crippen LogP contribution in [0.3, 0.4) is 0 Å².